The van der Waals surface area contributed by atoms with Crippen LogP contribution in [0.3, 0.4) is 0 Å². The van der Waals surface area contributed by atoms with Gasteiger partial charge in [-0.25, -0.2) is 9.37 Å². The standard InChI is InChI=1S/C22H20FN3O/c1-15(17-7-9-21(19(23)13-17)26-11-10-24-14-26)12-22(27)25-20-8-6-16-4-2-3-5-18(16)20/h2-5,7,9-14,20H,6,8H2,1H3,(H,25,27)/b15-12+. The highest BCUT2D eigenvalue weighted by atomic mass is 19.1. The Morgan fingerprint density at radius 2 is 2.15 bits per heavy atom. The summed E-state index contributed by atoms with van der Waals surface area (Å²) in [6.45, 7) is 1.81. The van der Waals surface area contributed by atoms with Gasteiger partial charge < -0.3 is 9.88 Å². The van der Waals surface area contributed by atoms with E-state index in [1.807, 2.05) is 25.1 Å². The molecule has 4 nitrogen and oxygen atoms in total. The van der Waals surface area contributed by atoms with E-state index in [9.17, 15) is 9.18 Å². The van der Waals surface area contributed by atoms with Gasteiger partial charge >= 0.3 is 0 Å². The van der Waals surface area contributed by atoms with E-state index in [1.165, 1.54) is 23.3 Å². The zero-order chi connectivity index (χ0) is 18.8. The maximum atomic E-state index is 14.4. The van der Waals surface area contributed by atoms with Crippen LogP contribution in [0, 0.1) is 5.82 Å². The average molecular weight is 361 g/mol. The molecule has 1 aliphatic carbocycles. The normalized spacial score (nSPS) is 16.2. The zero-order valence-electron chi connectivity index (χ0n) is 15.0. The minimum absolute atomic E-state index is 0.0399. The topological polar surface area (TPSA) is 46.9 Å². The van der Waals surface area contributed by atoms with Crippen molar-refractivity contribution in [1.29, 1.82) is 0 Å². The van der Waals surface area contributed by atoms with Gasteiger partial charge in [0.05, 0.1) is 18.1 Å². The molecule has 0 fully saturated rings. The van der Waals surface area contributed by atoms with Gasteiger partial charge in [-0.15, -0.1) is 0 Å². The Bertz CT molecular complexity index is 1010. The number of benzene rings is 2. The number of carbonyl (C=O) groups is 1. The summed E-state index contributed by atoms with van der Waals surface area (Å²) < 4.78 is 16.0. The van der Waals surface area contributed by atoms with E-state index in [0.717, 1.165) is 18.4 Å². The van der Waals surface area contributed by atoms with E-state index < -0.39 is 0 Å². The molecular weight excluding hydrogens is 341 g/mol. The molecule has 4 rings (SSSR count). The van der Waals surface area contributed by atoms with Gasteiger partial charge in [-0.1, -0.05) is 30.3 Å². The van der Waals surface area contributed by atoms with Crippen molar-refractivity contribution in [2.45, 2.75) is 25.8 Å². The smallest absolute Gasteiger partial charge is 0.244 e. The minimum atomic E-state index is -0.358. The Hall–Kier alpha value is -3.21. The molecule has 0 bridgehead atoms. The Balaban J connectivity index is 1.49. The Morgan fingerprint density at radius 1 is 1.30 bits per heavy atom. The van der Waals surface area contributed by atoms with Gasteiger partial charge in [0.1, 0.15) is 5.82 Å². The summed E-state index contributed by atoms with van der Waals surface area (Å²) in [4.78, 5) is 16.4. The van der Waals surface area contributed by atoms with Crippen LogP contribution in [0.4, 0.5) is 4.39 Å². The van der Waals surface area contributed by atoms with Crippen molar-refractivity contribution in [1.82, 2.24) is 14.9 Å². The molecule has 0 saturated carbocycles. The molecule has 0 aliphatic heterocycles. The molecule has 3 aromatic rings. The number of halogens is 1. The van der Waals surface area contributed by atoms with Gasteiger partial charge in [0.15, 0.2) is 0 Å². The fourth-order valence-corrected chi connectivity index (χ4v) is 3.56. The number of carbonyl (C=O) groups excluding carboxylic acids is 1. The van der Waals surface area contributed by atoms with Crippen LogP contribution in [-0.2, 0) is 11.2 Å². The third kappa shape index (κ3) is 3.53. The maximum absolute atomic E-state index is 14.4. The first kappa shape index (κ1) is 17.2. The van der Waals surface area contributed by atoms with Crippen molar-refractivity contribution in [3.8, 4) is 5.69 Å². The predicted octanol–water partition coefficient (Wildman–Crippen LogP) is 4.22. The van der Waals surface area contributed by atoms with Crippen LogP contribution >= 0.6 is 0 Å². The molecule has 0 saturated heterocycles. The molecule has 1 aliphatic rings. The Kier molecular flexibility index (Phi) is 4.59. The van der Waals surface area contributed by atoms with Crippen molar-refractivity contribution < 1.29 is 9.18 Å². The van der Waals surface area contributed by atoms with Gasteiger partial charge in [-0.2, -0.15) is 0 Å². The number of aryl methyl sites for hydroxylation is 1. The zero-order valence-corrected chi connectivity index (χ0v) is 15.0. The summed E-state index contributed by atoms with van der Waals surface area (Å²) in [7, 11) is 0. The summed E-state index contributed by atoms with van der Waals surface area (Å²) in [6.07, 6.45) is 8.26. The fraction of sp³-hybridized carbons (Fsp3) is 0.182. The van der Waals surface area contributed by atoms with Crippen molar-refractivity contribution in [2.75, 3.05) is 0 Å². The highest BCUT2D eigenvalue weighted by Gasteiger charge is 2.22. The molecular formula is C22H20FN3O. The first-order valence-electron chi connectivity index (χ1n) is 8.96. The number of fused-ring (bicyclic) bond motifs is 1. The van der Waals surface area contributed by atoms with Crippen molar-refractivity contribution in [3.63, 3.8) is 0 Å². The van der Waals surface area contributed by atoms with Crippen LogP contribution in [0.1, 0.15) is 36.1 Å². The lowest BCUT2D eigenvalue weighted by Crippen LogP contribution is -2.25. The van der Waals surface area contributed by atoms with Crippen LogP contribution in [0.25, 0.3) is 11.3 Å². The second-order valence-corrected chi connectivity index (χ2v) is 6.76. The fourth-order valence-electron chi connectivity index (χ4n) is 3.56. The van der Waals surface area contributed by atoms with Crippen molar-refractivity contribution >= 4 is 11.5 Å². The second kappa shape index (κ2) is 7.19. The largest absolute Gasteiger partial charge is 0.346 e. The van der Waals surface area contributed by atoms with Crippen molar-refractivity contribution in [2.24, 2.45) is 0 Å². The molecule has 5 heteroatoms. The van der Waals surface area contributed by atoms with Crippen LogP contribution in [0.15, 0.2) is 67.3 Å². The molecule has 27 heavy (non-hydrogen) atoms. The molecule has 0 spiro atoms. The van der Waals surface area contributed by atoms with Crippen LogP contribution in [0.5, 0.6) is 0 Å². The van der Waals surface area contributed by atoms with E-state index in [1.54, 1.807) is 29.4 Å². The highest BCUT2D eigenvalue weighted by Crippen LogP contribution is 2.30. The Morgan fingerprint density at radius 3 is 2.93 bits per heavy atom. The minimum Gasteiger partial charge on any atom is -0.346 e. The molecule has 1 aromatic heterocycles. The van der Waals surface area contributed by atoms with Crippen LogP contribution < -0.4 is 5.32 Å². The monoisotopic (exact) mass is 361 g/mol. The first-order chi connectivity index (χ1) is 13.1. The molecule has 0 radical (unpaired) electrons. The third-order valence-corrected chi connectivity index (χ3v) is 4.98. The molecule has 1 N–H and O–H groups in total. The van der Waals surface area contributed by atoms with Crippen LogP contribution in [0.2, 0.25) is 0 Å². The van der Waals surface area contributed by atoms with Gasteiger partial charge in [0.25, 0.3) is 0 Å². The number of aromatic nitrogens is 2. The quantitative estimate of drug-likeness (QED) is 0.708. The number of allylic oxidation sites excluding steroid dienone is 1. The summed E-state index contributed by atoms with van der Waals surface area (Å²) >= 11 is 0. The lowest BCUT2D eigenvalue weighted by atomic mass is 10.1. The van der Waals surface area contributed by atoms with E-state index in [0.29, 0.717) is 11.3 Å². The van der Waals surface area contributed by atoms with E-state index in [-0.39, 0.29) is 17.8 Å². The molecule has 1 amide bonds. The molecule has 136 valence electrons. The summed E-state index contributed by atoms with van der Waals surface area (Å²) in [6, 6.07) is 13.2. The lowest BCUT2D eigenvalue weighted by molar-refractivity contribution is -0.117. The number of hydrogen-bond acceptors (Lipinski definition) is 2. The van der Waals surface area contributed by atoms with E-state index in [4.69, 9.17) is 0 Å². The highest BCUT2D eigenvalue weighted by molar-refractivity contribution is 5.95. The van der Waals surface area contributed by atoms with Gasteiger partial charge in [-0.05, 0) is 54.2 Å². The summed E-state index contributed by atoms with van der Waals surface area (Å²) in [5, 5.41) is 3.06. The maximum Gasteiger partial charge on any atom is 0.244 e. The number of amides is 1. The van der Waals surface area contributed by atoms with Gasteiger partial charge in [-0.3, -0.25) is 4.79 Å². The predicted molar refractivity (Wildman–Crippen MR) is 103 cm³/mol. The van der Waals surface area contributed by atoms with E-state index in [2.05, 4.69) is 22.4 Å². The van der Waals surface area contributed by atoms with Gasteiger partial charge in [0, 0.05) is 18.5 Å². The van der Waals surface area contributed by atoms with E-state index >= 15 is 0 Å². The first-order valence-corrected chi connectivity index (χ1v) is 8.96. The third-order valence-electron chi connectivity index (χ3n) is 4.98. The SMILES string of the molecule is C/C(=C\C(=O)NC1CCc2ccccc21)c1ccc(-n2ccnc2)c(F)c1. The molecule has 1 atom stereocenters. The number of nitrogens with zero attached hydrogens (tertiary/aromatic N) is 2. The average Bonchev–Trinajstić information content (AvgIpc) is 3.32. The number of nitrogens with one attached hydrogen (secondary N) is 1. The van der Waals surface area contributed by atoms with Crippen LogP contribution in [-0.4, -0.2) is 15.5 Å². The molecule has 2 aromatic carbocycles. The summed E-state index contributed by atoms with van der Waals surface area (Å²) in [5.41, 5.74) is 4.30. The number of imidazole rings is 1. The van der Waals surface area contributed by atoms with Gasteiger partial charge in [0.2, 0.25) is 5.91 Å². The Labute approximate surface area is 157 Å². The molecule has 1 unspecified atom stereocenters. The number of hydrogen-bond donors (Lipinski definition) is 1. The lowest BCUT2D eigenvalue weighted by Gasteiger charge is -2.13. The number of rotatable bonds is 4. The molecule has 1 heterocycles. The van der Waals surface area contributed by atoms with Crippen molar-refractivity contribution in [3.05, 3.63) is 89.8 Å². The second-order valence-electron chi connectivity index (χ2n) is 6.76. The summed E-state index contributed by atoms with van der Waals surface area (Å²) in [5.74, 6) is -0.517.